The zero-order valence-corrected chi connectivity index (χ0v) is 15.8. The number of aliphatic hydroxyl groups is 2. The second-order valence-corrected chi connectivity index (χ2v) is 7.83. The van der Waals surface area contributed by atoms with Gasteiger partial charge in [-0.2, -0.15) is 0 Å². The molecule has 136 valence electrons. The van der Waals surface area contributed by atoms with Gasteiger partial charge in [0, 0.05) is 11.8 Å². The lowest BCUT2D eigenvalue weighted by Gasteiger charge is -2.24. The molecule has 0 aliphatic heterocycles. The number of ketones is 2. The van der Waals surface area contributed by atoms with E-state index in [-0.39, 0.29) is 28.8 Å². The molecule has 0 amide bonds. The third-order valence-corrected chi connectivity index (χ3v) is 4.59. The molecule has 3 atom stereocenters. The minimum Gasteiger partial charge on any atom is -0.511 e. The second-order valence-electron chi connectivity index (χ2n) is 7.83. The van der Waals surface area contributed by atoms with Crippen molar-refractivity contribution in [3.8, 4) is 0 Å². The summed E-state index contributed by atoms with van der Waals surface area (Å²) in [7, 11) is 0. The lowest BCUT2D eigenvalue weighted by Crippen LogP contribution is -2.29. The number of allylic oxidation sites excluding steroid dienone is 3. The smallest absolute Gasteiger partial charge is 0.174 e. The van der Waals surface area contributed by atoms with Crippen LogP contribution in [0, 0.1) is 23.7 Å². The number of rotatable bonds is 8. The van der Waals surface area contributed by atoms with E-state index in [1.54, 1.807) is 13.8 Å². The third kappa shape index (κ3) is 4.79. The molecule has 0 saturated carbocycles. The van der Waals surface area contributed by atoms with Crippen LogP contribution in [0.5, 0.6) is 0 Å². The van der Waals surface area contributed by atoms with Crippen molar-refractivity contribution < 1.29 is 19.8 Å². The molecule has 2 N–H and O–H groups in total. The summed E-state index contributed by atoms with van der Waals surface area (Å²) in [4.78, 5) is 25.1. The lowest BCUT2D eigenvalue weighted by molar-refractivity contribution is -0.125. The molecule has 0 aromatic rings. The van der Waals surface area contributed by atoms with Gasteiger partial charge in [-0.1, -0.05) is 39.3 Å². The zero-order valence-electron chi connectivity index (χ0n) is 15.8. The average Bonchev–Trinajstić information content (AvgIpc) is 2.72. The molecule has 0 saturated heterocycles. The fraction of sp³-hybridized carbons (Fsp3) is 0.700. The van der Waals surface area contributed by atoms with Crippen LogP contribution in [-0.2, 0) is 9.59 Å². The molecule has 0 aromatic carbocycles. The van der Waals surface area contributed by atoms with Crippen LogP contribution in [0.25, 0.3) is 0 Å². The van der Waals surface area contributed by atoms with Crippen molar-refractivity contribution in [3.63, 3.8) is 0 Å². The maximum absolute atomic E-state index is 12.7. The highest BCUT2D eigenvalue weighted by molar-refractivity contribution is 6.23. The van der Waals surface area contributed by atoms with E-state index in [0.717, 1.165) is 12.0 Å². The summed E-state index contributed by atoms with van der Waals surface area (Å²) in [5.41, 5.74) is 0.979. The van der Waals surface area contributed by atoms with Gasteiger partial charge in [-0.3, -0.25) is 9.59 Å². The molecule has 0 bridgehead atoms. The van der Waals surface area contributed by atoms with E-state index in [9.17, 15) is 19.8 Å². The van der Waals surface area contributed by atoms with Crippen molar-refractivity contribution in [2.75, 3.05) is 0 Å². The molecule has 0 fully saturated rings. The first-order valence-electron chi connectivity index (χ1n) is 8.90. The Labute approximate surface area is 145 Å². The molecule has 0 spiro atoms. The molecule has 0 radical (unpaired) electrons. The Morgan fingerprint density at radius 1 is 1.17 bits per heavy atom. The highest BCUT2D eigenvalue weighted by Crippen LogP contribution is 2.40. The number of aliphatic hydroxyl groups excluding tert-OH is 2. The SMILES string of the molecule is CC(C)=CC[C@@H]1C(=O)C(C(=O)C(C)C)=C(O)C1C(O)CCC(C)C. The summed E-state index contributed by atoms with van der Waals surface area (Å²) in [5.74, 6) is -2.03. The minimum atomic E-state index is -0.815. The van der Waals surface area contributed by atoms with E-state index >= 15 is 0 Å². The fourth-order valence-electron chi connectivity index (χ4n) is 3.12. The van der Waals surface area contributed by atoms with Crippen molar-refractivity contribution in [1.82, 2.24) is 0 Å². The standard InChI is InChI=1S/C20H32O4/c1-11(2)7-9-14-16(15(21)10-8-12(3)4)20(24)17(19(14)23)18(22)13(5)6/h7,12-16,21,24H,8-10H2,1-6H3/t14-,15?,16?/m0/s1. The van der Waals surface area contributed by atoms with E-state index in [4.69, 9.17) is 0 Å². The Morgan fingerprint density at radius 2 is 1.75 bits per heavy atom. The van der Waals surface area contributed by atoms with Crippen molar-refractivity contribution in [2.24, 2.45) is 23.7 Å². The van der Waals surface area contributed by atoms with Crippen LogP contribution in [0.4, 0.5) is 0 Å². The van der Waals surface area contributed by atoms with Gasteiger partial charge in [0.05, 0.1) is 17.6 Å². The Morgan fingerprint density at radius 3 is 2.21 bits per heavy atom. The minimum absolute atomic E-state index is 0.0919. The maximum atomic E-state index is 12.7. The summed E-state index contributed by atoms with van der Waals surface area (Å²) < 4.78 is 0. The summed E-state index contributed by atoms with van der Waals surface area (Å²) in [6.45, 7) is 11.4. The van der Waals surface area contributed by atoms with Crippen LogP contribution in [0.1, 0.15) is 60.8 Å². The van der Waals surface area contributed by atoms with Gasteiger partial charge in [-0.05, 0) is 39.0 Å². The Balaban J connectivity index is 3.16. The number of carbonyl (C=O) groups excluding carboxylic acids is 2. The molecule has 0 aromatic heterocycles. The lowest BCUT2D eigenvalue weighted by atomic mass is 9.83. The number of carbonyl (C=O) groups is 2. The number of Topliss-reactive ketones (excluding diaryl/α,β-unsaturated/α-hetero) is 2. The molecule has 1 rings (SSSR count). The van der Waals surface area contributed by atoms with E-state index in [1.807, 2.05) is 19.9 Å². The van der Waals surface area contributed by atoms with Gasteiger partial charge in [-0.25, -0.2) is 0 Å². The first kappa shape index (κ1) is 20.6. The van der Waals surface area contributed by atoms with Gasteiger partial charge < -0.3 is 10.2 Å². The van der Waals surface area contributed by atoms with Gasteiger partial charge in [-0.15, -0.1) is 0 Å². The van der Waals surface area contributed by atoms with E-state index in [1.165, 1.54) is 0 Å². The summed E-state index contributed by atoms with van der Waals surface area (Å²) >= 11 is 0. The molecule has 2 unspecified atom stereocenters. The topological polar surface area (TPSA) is 74.6 Å². The van der Waals surface area contributed by atoms with Crippen LogP contribution in [0.3, 0.4) is 0 Å². The zero-order chi connectivity index (χ0) is 18.6. The molecule has 0 heterocycles. The quantitative estimate of drug-likeness (QED) is 0.519. The summed E-state index contributed by atoms with van der Waals surface area (Å²) in [6.07, 6.45) is 2.87. The highest BCUT2D eigenvalue weighted by Gasteiger charge is 2.47. The van der Waals surface area contributed by atoms with Crippen LogP contribution in [-0.4, -0.2) is 27.9 Å². The Hall–Kier alpha value is -1.42. The maximum Gasteiger partial charge on any atom is 0.174 e. The van der Waals surface area contributed by atoms with Gasteiger partial charge in [0.15, 0.2) is 11.6 Å². The largest absolute Gasteiger partial charge is 0.511 e. The molecule has 1 aliphatic rings. The van der Waals surface area contributed by atoms with Gasteiger partial charge in [0.2, 0.25) is 0 Å². The first-order valence-corrected chi connectivity index (χ1v) is 8.90. The van der Waals surface area contributed by atoms with Crippen molar-refractivity contribution in [2.45, 2.75) is 66.9 Å². The predicted octanol–water partition coefficient (Wildman–Crippen LogP) is 3.99. The van der Waals surface area contributed by atoms with Crippen LogP contribution in [0.15, 0.2) is 23.0 Å². The number of hydrogen-bond donors (Lipinski definition) is 2. The van der Waals surface area contributed by atoms with Crippen molar-refractivity contribution >= 4 is 11.6 Å². The predicted molar refractivity (Wildman–Crippen MR) is 95.6 cm³/mol. The van der Waals surface area contributed by atoms with E-state index < -0.39 is 17.9 Å². The van der Waals surface area contributed by atoms with Gasteiger partial charge in [0.25, 0.3) is 0 Å². The Kier molecular flexibility index (Phi) is 7.40. The summed E-state index contributed by atoms with van der Waals surface area (Å²) in [5, 5.41) is 21.1. The van der Waals surface area contributed by atoms with Crippen LogP contribution in [0.2, 0.25) is 0 Å². The normalized spacial score (nSPS) is 22.5. The fourth-order valence-corrected chi connectivity index (χ4v) is 3.12. The molecule has 24 heavy (non-hydrogen) atoms. The third-order valence-electron chi connectivity index (χ3n) is 4.59. The second kappa shape index (κ2) is 8.61. The van der Waals surface area contributed by atoms with Crippen molar-refractivity contribution in [3.05, 3.63) is 23.0 Å². The Bertz CT molecular complexity index is 536. The molecule has 1 aliphatic carbocycles. The first-order chi connectivity index (χ1) is 11.1. The van der Waals surface area contributed by atoms with E-state index in [0.29, 0.717) is 18.8 Å². The van der Waals surface area contributed by atoms with Crippen molar-refractivity contribution in [1.29, 1.82) is 0 Å². The highest BCUT2D eigenvalue weighted by atomic mass is 16.3. The van der Waals surface area contributed by atoms with Crippen LogP contribution >= 0.6 is 0 Å². The van der Waals surface area contributed by atoms with E-state index in [2.05, 4.69) is 13.8 Å². The monoisotopic (exact) mass is 336 g/mol. The number of hydrogen-bond acceptors (Lipinski definition) is 4. The van der Waals surface area contributed by atoms with Crippen LogP contribution < -0.4 is 0 Å². The molecule has 4 heteroatoms. The molecular formula is C20H32O4. The van der Waals surface area contributed by atoms with Gasteiger partial charge >= 0.3 is 0 Å². The molecular weight excluding hydrogens is 304 g/mol. The summed E-state index contributed by atoms with van der Waals surface area (Å²) in [6, 6.07) is 0. The van der Waals surface area contributed by atoms with Gasteiger partial charge in [0.1, 0.15) is 5.76 Å². The average molecular weight is 336 g/mol. The molecule has 4 nitrogen and oxygen atoms in total.